The molecule has 0 fully saturated rings. The molecule has 0 bridgehead atoms. The van der Waals surface area contributed by atoms with Crippen molar-refractivity contribution in [3.05, 3.63) is 188 Å². The number of thiophene rings is 4. The highest BCUT2D eigenvalue weighted by Crippen LogP contribution is 2.46. The van der Waals surface area contributed by atoms with Crippen LogP contribution in [-0.2, 0) is 30.3 Å². The number of aromatic hydroxyl groups is 3. The van der Waals surface area contributed by atoms with Crippen molar-refractivity contribution >= 4 is 200 Å². The molecule has 8 heterocycles. The molecule has 8 aromatic carbocycles. The summed E-state index contributed by atoms with van der Waals surface area (Å²) in [6.07, 6.45) is 1.26. The summed E-state index contributed by atoms with van der Waals surface area (Å²) in [4.78, 5) is 59.1. The first kappa shape index (κ1) is 71.6. The Kier molecular flexibility index (Phi) is 22.6. The predicted octanol–water partition coefficient (Wildman–Crippen LogP) is 21.8. The van der Waals surface area contributed by atoms with E-state index < -0.39 is 0 Å². The molecule has 103 heavy (non-hydrogen) atoms. The van der Waals surface area contributed by atoms with Gasteiger partial charge in [-0.1, -0.05) is 76.0 Å². The third-order valence-electron chi connectivity index (χ3n) is 15.0. The summed E-state index contributed by atoms with van der Waals surface area (Å²) in [5.74, 6) is 1.21. The van der Waals surface area contributed by atoms with E-state index in [-0.39, 0.29) is 47.6 Å². The Balaban J connectivity index is 0.000000135. The van der Waals surface area contributed by atoms with Gasteiger partial charge in [-0.25, -0.2) is 4.79 Å². The van der Waals surface area contributed by atoms with Crippen molar-refractivity contribution in [2.45, 2.75) is 48.0 Å². The Labute approximate surface area is 598 Å². The molecule has 0 unspecified atom stereocenters. The smallest absolute Gasteiger partial charge is 0.373 e. The number of carbonyl (C=O) groups is 1. The van der Waals surface area contributed by atoms with E-state index in [0.29, 0.717) is 45.8 Å². The van der Waals surface area contributed by atoms with Gasteiger partial charge >= 0.3 is 30.3 Å². The van der Waals surface area contributed by atoms with Crippen LogP contribution in [0, 0.1) is 27.7 Å². The number of rotatable bonds is 12. The van der Waals surface area contributed by atoms with Crippen LogP contribution in [0.5, 0.6) is 17.2 Å². The van der Waals surface area contributed by atoms with Crippen LogP contribution in [0.15, 0.2) is 217 Å². The maximum absolute atomic E-state index is 12.2. The maximum atomic E-state index is 12.2. The van der Waals surface area contributed by atoms with E-state index in [0.717, 1.165) is 122 Å². The van der Waals surface area contributed by atoms with E-state index >= 15 is 0 Å². The summed E-state index contributed by atoms with van der Waals surface area (Å²) < 4.78 is 30.4. The van der Waals surface area contributed by atoms with Gasteiger partial charge in [0.05, 0.1) is 36.2 Å². The molecule has 0 atom stereocenters. The zero-order chi connectivity index (χ0) is 72.8. The Bertz CT molecular complexity index is 5900. The molecular weight excluding hydrogens is 1400 g/mol. The minimum atomic E-state index is -0.336. The fourth-order valence-electron chi connectivity index (χ4n) is 10.5. The van der Waals surface area contributed by atoms with Gasteiger partial charge in [0.2, 0.25) is 0 Å². The lowest BCUT2D eigenvalue weighted by molar-refractivity contribution is -0.193. The van der Waals surface area contributed by atoms with Gasteiger partial charge in [-0.2, -0.15) is 29.1 Å². The van der Waals surface area contributed by atoms with Gasteiger partial charge in [0.15, 0.2) is 11.2 Å². The van der Waals surface area contributed by atoms with Gasteiger partial charge < -0.3 is 42.8 Å². The summed E-state index contributed by atoms with van der Waals surface area (Å²) in [6, 6.07) is 48.9. The van der Waals surface area contributed by atoms with E-state index in [2.05, 4.69) is 61.2 Å². The van der Waals surface area contributed by atoms with Gasteiger partial charge in [0.1, 0.15) is 66.9 Å². The monoisotopic (exact) mass is 1450 g/mol. The highest BCUT2D eigenvalue weighted by molar-refractivity contribution is 7.21. The van der Waals surface area contributed by atoms with E-state index in [9.17, 15) is 20.1 Å². The van der Waals surface area contributed by atoms with Crippen LogP contribution in [0.4, 0.5) is 52.2 Å². The quantitative estimate of drug-likeness (QED) is 0.0755. The lowest BCUT2D eigenvalue weighted by Gasteiger charge is -2.14. The van der Waals surface area contributed by atoms with Crippen LogP contribution in [0.25, 0.3) is 84.3 Å². The normalized spacial score (nSPS) is 11.3. The number of phenolic OH excluding ortho intramolecular Hbond substituents is 3. The molecule has 8 aromatic heterocycles. The molecule has 0 amide bonds. The second kappa shape index (κ2) is 32.5. The van der Waals surface area contributed by atoms with Gasteiger partial charge in [0.25, 0.3) is 11.8 Å². The number of ether oxygens (including phenoxy) is 1. The van der Waals surface area contributed by atoms with Crippen LogP contribution in [0.2, 0.25) is 0 Å². The second-order valence-electron chi connectivity index (χ2n) is 22.2. The van der Waals surface area contributed by atoms with Crippen LogP contribution in [0.3, 0.4) is 0 Å². The predicted molar refractivity (Wildman–Crippen MR) is 394 cm³/mol. The van der Waals surface area contributed by atoms with Crippen molar-refractivity contribution in [1.29, 1.82) is 0 Å². The van der Waals surface area contributed by atoms with Crippen molar-refractivity contribution < 1.29 is 61.9 Å². The molecule has 0 spiro atoms. The minimum Gasteiger partial charge on any atom is -0.507 e. The molecule has 16 rings (SSSR count). The molecule has 0 saturated carbocycles. The van der Waals surface area contributed by atoms with E-state index in [1.807, 2.05) is 187 Å². The number of hydrogen-bond donors (Lipinski definition) is 3. The van der Waals surface area contributed by atoms with Crippen molar-refractivity contribution in [3.63, 3.8) is 0 Å². The first-order valence-electron chi connectivity index (χ1n) is 31.1. The standard InChI is InChI=1S/C20H18N4O3S.C18H15N3O2S.C17H13N3O2S.C16H11N3O2S.2CO2/c1-4-26-20(25)17-11-13-16(24(2)3)10-9-15(18(13)28-17)21-22-19-12-7-5-6-8-14(12)23-27-19;1-3-11-9-15(22)13-8-10(2)24-17(13)16(11)19-20-18-12-6-4-5-7-14(12)21-23-18;1-9-7-13(21)11-8-10(2)23-16(11)15(9)19-20-17-18-12-5-3-4-6-14(12)22-17;1-9-8-10-13(20)7-6-12(15(10)22-9)18-19-16-17-11-4-2-3-5-14(11)21-16;2*2-1-3/h5-11H,4H2,1-3H3;4-9,22H,3H2,1-2H3;3-8,21H,1-2H3;2-8,20H,1H3;;. The Hall–Kier alpha value is -12.7. The number of hydrogen-bond acceptors (Lipinski definition) is 30. The lowest BCUT2D eigenvalue weighted by atomic mass is 10.1. The van der Waals surface area contributed by atoms with E-state index in [4.69, 9.17) is 41.8 Å². The SMILES string of the molecule is CCOC(=O)c1cc2c(N(C)C)ccc(N=Nc3onc4ccccc34)c2s1.CCc1cc(O)c2cc(C)sc2c1N=Nc1onc2ccccc12.Cc1cc2c(O)cc(C)c(N=Nc3nc4ccccc4o3)c2s1.Cc1cc2c(O)ccc(N=Nc3nc4ccccc4o3)c2s1.O=C=O.O=C=O. The van der Waals surface area contributed by atoms with E-state index in [1.165, 1.54) is 11.3 Å². The van der Waals surface area contributed by atoms with Crippen molar-refractivity contribution in [3.8, 4) is 17.2 Å². The van der Waals surface area contributed by atoms with E-state index in [1.54, 1.807) is 65.2 Å². The third-order valence-corrected chi connectivity index (χ3v) is 19.4. The summed E-state index contributed by atoms with van der Waals surface area (Å²) in [6.45, 7) is 12.1. The second-order valence-corrected chi connectivity index (χ2v) is 27.0. The number of aromatic nitrogens is 4. The minimum absolute atomic E-state index is 0.218. The van der Waals surface area contributed by atoms with Crippen LogP contribution in [-0.4, -0.2) is 74.6 Å². The van der Waals surface area contributed by atoms with Gasteiger partial charge in [-0.05, 0) is 161 Å². The summed E-state index contributed by atoms with van der Waals surface area (Å²) in [5, 5.41) is 77.2. The molecule has 516 valence electrons. The highest BCUT2D eigenvalue weighted by atomic mass is 32.1. The summed E-state index contributed by atoms with van der Waals surface area (Å²) in [5.41, 5.74) is 10.0. The Morgan fingerprint density at radius 3 is 1.46 bits per heavy atom. The number of nitrogens with zero attached hydrogens (tertiary/aromatic N) is 13. The molecule has 0 radical (unpaired) electrons. The molecule has 0 aliphatic rings. The third kappa shape index (κ3) is 16.3. The van der Waals surface area contributed by atoms with Crippen molar-refractivity contribution in [1.82, 2.24) is 20.3 Å². The topological polar surface area (TPSA) is 362 Å². The van der Waals surface area contributed by atoms with Gasteiger partial charge in [0, 0.05) is 56.0 Å². The van der Waals surface area contributed by atoms with Gasteiger partial charge in [-0.3, -0.25) is 0 Å². The molecule has 0 aliphatic heterocycles. The number of phenols is 3. The summed E-state index contributed by atoms with van der Waals surface area (Å²) >= 11 is 6.10. The van der Waals surface area contributed by atoms with Crippen molar-refractivity contribution in [2.75, 3.05) is 25.6 Å². The number of esters is 1. The fraction of sp³-hybridized carbons (Fsp3) is 0.137. The van der Waals surface area contributed by atoms with Crippen molar-refractivity contribution in [2.24, 2.45) is 40.9 Å². The number of benzene rings is 8. The number of azo groups is 4. The maximum Gasteiger partial charge on any atom is 0.373 e. The molecule has 26 nitrogen and oxygen atoms in total. The average molecular weight is 1450 g/mol. The number of oxazole rings is 2. The molecule has 3 N–H and O–H groups in total. The molecule has 0 saturated heterocycles. The average Bonchev–Trinajstić information content (AvgIpc) is 1.67. The molecule has 0 aliphatic carbocycles. The zero-order valence-electron chi connectivity index (χ0n) is 55.8. The first-order valence-corrected chi connectivity index (χ1v) is 34.3. The number of aryl methyl sites for hydroxylation is 5. The highest BCUT2D eigenvalue weighted by Gasteiger charge is 2.20. The molecular formula is C73H57N13O13S4. The number of carbonyl (C=O) groups excluding carboxylic acids is 5. The number of anilines is 1. The molecule has 16 aromatic rings. The lowest BCUT2D eigenvalue weighted by Crippen LogP contribution is -2.08. The number of fused-ring (bicyclic) bond motifs is 8. The Morgan fingerprint density at radius 1 is 0.476 bits per heavy atom. The fourth-order valence-corrected chi connectivity index (χ4v) is 14.6. The number of para-hydroxylation sites is 4. The summed E-state index contributed by atoms with van der Waals surface area (Å²) in [7, 11) is 3.91. The van der Waals surface area contributed by atoms with Crippen LogP contribution in [0.1, 0.15) is 49.3 Å². The first-order chi connectivity index (χ1) is 49.9. The molecule has 30 heteroatoms. The Morgan fingerprint density at radius 2 is 0.922 bits per heavy atom. The van der Waals surface area contributed by atoms with Crippen LogP contribution >= 0.6 is 45.3 Å². The largest absolute Gasteiger partial charge is 0.507 e. The zero-order valence-corrected chi connectivity index (χ0v) is 59.1. The van der Waals surface area contributed by atoms with Gasteiger partial charge in [-0.15, -0.1) is 76.0 Å². The van der Waals surface area contributed by atoms with Crippen LogP contribution < -0.4 is 4.90 Å².